The third kappa shape index (κ3) is 1.38. The Labute approximate surface area is 86.8 Å². The van der Waals surface area contributed by atoms with Gasteiger partial charge in [-0.3, -0.25) is 10.1 Å². The number of pyridine rings is 1. The fourth-order valence-corrected chi connectivity index (χ4v) is 1.63. The van der Waals surface area contributed by atoms with Crippen LogP contribution in [0.15, 0.2) is 48.8 Å². The van der Waals surface area contributed by atoms with Gasteiger partial charge in [-0.1, -0.05) is 24.3 Å². The lowest BCUT2D eigenvalue weighted by Gasteiger charge is -1.99. The topological polar surface area (TPSA) is 41.6 Å². The lowest BCUT2D eigenvalue weighted by Crippen LogP contribution is -1.84. The Morgan fingerprint density at radius 2 is 1.87 bits per heavy atom. The Morgan fingerprint density at radius 3 is 2.67 bits per heavy atom. The van der Waals surface area contributed by atoms with Gasteiger partial charge in [0.15, 0.2) is 0 Å². The van der Waals surface area contributed by atoms with Gasteiger partial charge in [-0.25, -0.2) is 0 Å². The number of H-pyrrole nitrogens is 1. The van der Waals surface area contributed by atoms with E-state index in [1.807, 2.05) is 24.4 Å². The van der Waals surface area contributed by atoms with Crippen LogP contribution < -0.4 is 0 Å². The molecule has 3 aromatic rings. The van der Waals surface area contributed by atoms with E-state index >= 15 is 0 Å². The highest BCUT2D eigenvalue weighted by molar-refractivity contribution is 5.84. The molecule has 0 atom stereocenters. The second kappa shape index (κ2) is 3.20. The van der Waals surface area contributed by atoms with Gasteiger partial charge in [0.2, 0.25) is 0 Å². The predicted octanol–water partition coefficient (Wildman–Crippen LogP) is 2.62. The summed E-state index contributed by atoms with van der Waals surface area (Å²) < 4.78 is 0. The highest BCUT2D eigenvalue weighted by atomic mass is 15.1. The number of hydrogen-bond acceptors (Lipinski definition) is 2. The summed E-state index contributed by atoms with van der Waals surface area (Å²) in [6.07, 6.45) is 3.61. The fraction of sp³-hybridized carbons (Fsp3) is 0. The lowest BCUT2D eigenvalue weighted by atomic mass is 10.1. The number of benzene rings is 1. The molecule has 0 aliphatic heterocycles. The van der Waals surface area contributed by atoms with Gasteiger partial charge in [0.1, 0.15) is 0 Å². The summed E-state index contributed by atoms with van der Waals surface area (Å²) in [5, 5.41) is 9.16. The van der Waals surface area contributed by atoms with E-state index in [2.05, 4.69) is 33.4 Å². The zero-order valence-electron chi connectivity index (χ0n) is 8.01. The molecular formula is C12H9N3. The molecule has 1 N–H and O–H groups in total. The van der Waals surface area contributed by atoms with Gasteiger partial charge in [-0.2, -0.15) is 5.10 Å². The number of aromatic amines is 1. The van der Waals surface area contributed by atoms with E-state index in [9.17, 15) is 0 Å². The van der Waals surface area contributed by atoms with Gasteiger partial charge < -0.3 is 0 Å². The maximum absolute atomic E-state index is 4.38. The van der Waals surface area contributed by atoms with E-state index in [1.54, 1.807) is 6.20 Å². The molecule has 2 aromatic heterocycles. The summed E-state index contributed by atoms with van der Waals surface area (Å²) in [5.74, 6) is 0. The van der Waals surface area contributed by atoms with E-state index in [1.165, 1.54) is 5.39 Å². The Balaban J connectivity index is 2.22. The van der Waals surface area contributed by atoms with Crippen molar-refractivity contribution in [3.63, 3.8) is 0 Å². The summed E-state index contributed by atoms with van der Waals surface area (Å²) in [6.45, 7) is 0. The Morgan fingerprint density at radius 1 is 1.00 bits per heavy atom. The molecule has 0 bridgehead atoms. The average molecular weight is 195 g/mol. The molecule has 1 aromatic carbocycles. The van der Waals surface area contributed by atoms with Crippen LogP contribution in [0.3, 0.4) is 0 Å². The molecule has 72 valence electrons. The maximum atomic E-state index is 4.38. The second-order valence-electron chi connectivity index (χ2n) is 3.39. The molecular weight excluding hydrogens is 186 g/mol. The molecule has 0 radical (unpaired) electrons. The maximum Gasteiger partial charge on any atom is 0.0886 e. The minimum absolute atomic E-state index is 0.922. The molecule has 15 heavy (non-hydrogen) atoms. The first-order valence-corrected chi connectivity index (χ1v) is 4.78. The van der Waals surface area contributed by atoms with Crippen molar-refractivity contribution in [1.29, 1.82) is 0 Å². The SMILES string of the molecule is c1ccc2cc(-c3ccn[nH]3)ncc2c1. The zero-order chi connectivity index (χ0) is 10.1. The molecule has 3 heteroatoms. The smallest absolute Gasteiger partial charge is 0.0886 e. The lowest BCUT2D eigenvalue weighted by molar-refractivity contribution is 1.09. The number of hydrogen-bond donors (Lipinski definition) is 1. The van der Waals surface area contributed by atoms with Crippen LogP contribution in [0.4, 0.5) is 0 Å². The fourth-order valence-electron chi connectivity index (χ4n) is 1.63. The van der Waals surface area contributed by atoms with Crippen LogP contribution in [-0.2, 0) is 0 Å². The van der Waals surface area contributed by atoms with E-state index in [-0.39, 0.29) is 0 Å². The first-order chi connectivity index (χ1) is 7.43. The molecule has 3 nitrogen and oxygen atoms in total. The molecule has 0 saturated heterocycles. The Bertz CT molecular complexity index is 585. The Hall–Kier alpha value is -2.16. The van der Waals surface area contributed by atoms with Crippen LogP contribution in [0.2, 0.25) is 0 Å². The van der Waals surface area contributed by atoms with Crippen LogP contribution in [-0.4, -0.2) is 15.2 Å². The third-order valence-corrected chi connectivity index (χ3v) is 2.41. The minimum atomic E-state index is 0.922. The number of rotatable bonds is 1. The van der Waals surface area contributed by atoms with Gasteiger partial charge in [0.05, 0.1) is 11.4 Å². The van der Waals surface area contributed by atoms with Crippen molar-refractivity contribution in [2.75, 3.05) is 0 Å². The third-order valence-electron chi connectivity index (χ3n) is 2.41. The largest absolute Gasteiger partial charge is 0.276 e. The monoisotopic (exact) mass is 195 g/mol. The van der Waals surface area contributed by atoms with Crippen molar-refractivity contribution < 1.29 is 0 Å². The second-order valence-corrected chi connectivity index (χ2v) is 3.39. The van der Waals surface area contributed by atoms with Crippen LogP contribution in [0.25, 0.3) is 22.2 Å². The molecule has 0 spiro atoms. The number of aromatic nitrogens is 3. The van der Waals surface area contributed by atoms with Gasteiger partial charge in [0, 0.05) is 17.8 Å². The van der Waals surface area contributed by atoms with E-state index in [0.717, 1.165) is 16.8 Å². The summed E-state index contributed by atoms with van der Waals surface area (Å²) in [7, 11) is 0. The number of fused-ring (bicyclic) bond motifs is 1. The molecule has 0 fully saturated rings. The van der Waals surface area contributed by atoms with Crippen molar-refractivity contribution >= 4 is 10.8 Å². The van der Waals surface area contributed by atoms with Crippen molar-refractivity contribution in [2.24, 2.45) is 0 Å². The summed E-state index contributed by atoms with van der Waals surface area (Å²) >= 11 is 0. The highest BCUT2D eigenvalue weighted by Gasteiger charge is 2.01. The van der Waals surface area contributed by atoms with Gasteiger partial charge in [0.25, 0.3) is 0 Å². The normalized spacial score (nSPS) is 10.7. The first-order valence-electron chi connectivity index (χ1n) is 4.78. The van der Waals surface area contributed by atoms with Crippen molar-refractivity contribution in [3.8, 4) is 11.4 Å². The van der Waals surface area contributed by atoms with E-state index < -0.39 is 0 Å². The summed E-state index contributed by atoms with van der Waals surface area (Å²) in [5.41, 5.74) is 1.87. The molecule has 2 heterocycles. The first kappa shape index (κ1) is 8.17. The van der Waals surface area contributed by atoms with Gasteiger partial charge in [-0.05, 0) is 17.5 Å². The molecule has 0 unspecified atom stereocenters. The van der Waals surface area contributed by atoms with Crippen LogP contribution in [0.1, 0.15) is 0 Å². The van der Waals surface area contributed by atoms with Crippen molar-refractivity contribution in [1.82, 2.24) is 15.2 Å². The van der Waals surface area contributed by atoms with E-state index in [0.29, 0.717) is 0 Å². The highest BCUT2D eigenvalue weighted by Crippen LogP contribution is 2.19. The van der Waals surface area contributed by atoms with E-state index in [4.69, 9.17) is 0 Å². The summed E-state index contributed by atoms with van der Waals surface area (Å²) in [6, 6.07) is 12.1. The molecule has 0 saturated carbocycles. The predicted molar refractivity (Wildman–Crippen MR) is 59.3 cm³/mol. The molecule has 3 rings (SSSR count). The number of nitrogens with zero attached hydrogens (tertiary/aromatic N) is 2. The van der Waals surface area contributed by atoms with Crippen molar-refractivity contribution in [3.05, 3.63) is 48.8 Å². The van der Waals surface area contributed by atoms with Crippen molar-refractivity contribution in [2.45, 2.75) is 0 Å². The van der Waals surface area contributed by atoms with Crippen LogP contribution in [0.5, 0.6) is 0 Å². The van der Waals surface area contributed by atoms with Crippen LogP contribution in [0, 0.1) is 0 Å². The standard InChI is InChI=1S/C12H9N3/c1-2-4-10-8-13-12(7-9(10)3-1)11-5-6-14-15-11/h1-8H,(H,14,15). The van der Waals surface area contributed by atoms with Gasteiger partial charge >= 0.3 is 0 Å². The zero-order valence-corrected chi connectivity index (χ0v) is 8.01. The Kier molecular flexibility index (Phi) is 1.75. The van der Waals surface area contributed by atoms with Gasteiger partial charge in [-0.15, -0.1) is 0 Å². The molecule has 0 amide bonds. The number of nitrogens with one attached hydrogen (secondary N) is 1. The minimum Gasteiger partial charge on any atom is -0.276 e. The molecule has 0 aliphatic carbocycles. The average Bonchev–Trinajstić information content (AvgIpc) is 2.82. The summed E-state index contributed by atoms with van der Waals surface area (Å²) in [4.78, 5) is 4.38. The quantitative estimate of drug-likeness (QED) is 0.648. The van der Waals surface area contributed by atoms with Crippen LogP contribution >= 0.6 is 0 Å². The molecule has 0 aliphatic rings.